The first-order valence-corrected chi connectivity index (χ1v) is 10.6. The average molecular weight is 430 g/mol. The molecule has 2 heterocycles. The van der Waals surface area contributed by atoms with E-state index in [1.54, 1.807) is 13.3 Å². The molecule has 3 N–H and O–H groups in total. The number of likely N-dealkylation sites (tertiary alicyclic amines) is 1. The summed E-state index contributed by atoms with van der Waals surface area (Å²) in [4.78, 5) is 11.0. The molecule has 1 saturated heterocycles. The summed E-state index contributed by atoms with van der Waals surface area (Å²) in [5.41, 5.74) is 6.54. The number of rotatable bonds is 9. The van der Waals surface area contributed by atoms with Crippen molar-refractivity contribution in [3.05, 3.63) is 71.5 Å². The highest BCUT2D eigenvalue weighted by molar-refractivity contribution is 5.92. The molecule has 0 unspecified atom stereocenters. The second kappa shape index (κ2) is 10.5. The maximum atomic E-state index is 7.82. The Morgan fingerprint density at radius 3 is 2.62 bits per heavy atom. The fourth-order valence-electron chi connectivity index (χ4n) is 3.63. The Balaban J connectivity index is 1.41. The lowest BCUT2D eigenvalue weighted by Crippen LogP contribution is -2.18. The van der Waals surface area contributed by atoms with E-state index in [4.69, 9.17) is 10.1 Å². The van der Waals surface area contributed by atoms with Gasteiger partial charge in [0.15, 0.2) is 5.82 Å². The molecule has 0 amide bonds. The first-order chi connectivity index (χ1) is 15.7. The summed E-state index contributed by atoms with van der Waals surface area (Å²) in [7, 11) is 1.62. The van der Waals surface area contributed by atoms with E-state index >= 15 is 0 Å². The number of hydrogen-bond acceptors (Lipinski definition) is 8. The van der Waals surface area contributed by atoms with Gasteiger partial charge in [-0.2, -0.15) is 5.10 Å². The van der Waals surface area contributed by atoms with E-state index in [0.717, 1.165) is 23.5 Å². The van der Waals surface area contributed by atoms with Crippen LogP contribution < -0.4 is 15.5 Å². The summed E-state index contributed by atoms with van der Waals surface area (Å²) >= 11 is 0. The number of aromatic nitrogens is 2. The van der Waals surface area contributed by atoms with Crippen LogP contribution in [0.3, 0.4) is 0 Å². The number of benzene rings is 2. The molecule has 4 rings (SSSR count). The van der Waals surface area contributed by atoms with E-state index in [1.807, 2.05) is 24.3 Å². The second-order valence-corrected chi connectivity index (χ2v) is 7.58. The first-order valence-electron chi connectivity index (χ1n) is 10.6. The molecule has 0 bridgehead atoms. The molecule has 3 aromatic rings. The van der Waals surface area contributed by atoms with Gasteiger partial charge >= 0.3 is 0 Å². The van der Waals surface area contributed by atoms with Gasteiger partial charge in [-0.1, -0.05) is 30.3 Å². The summed E-state index contributed by atoms with van der Waals surface area (Å²) in [6.45, 7) is 3.38. The Kier molecular flexibility index (Phi) is 7.04. The molecule has 8 heteroatoms. The molecule has 0 spiro atoms. The Labute approximate surface area is 187 Å². The fourth-order valence-corrected chi connectivity index (χ4v) is 3.63. The third-order valence-electron chi connectivity index (χ3n) is 5.33. The number of methoxy groups -OCH3 is 1. The SMILES string of the molecule is COc1cccc(Nc2ncnc(N/N=C/c3ccc(CN4CCCC4)cc3)c2C=N)c1. The lowest BCUT2D eigenvalue weighted by molar-refractivity contribution is 0.331. The predicted molar refractivity (Wildman–Crippen MR) is 128 cm³/mol. The smallest absolute Gasteiger partial charge is 0.160 e. The van der Waals surface area contributed by atoms with Gasteiger partial charge < -0.3 is 15.5 Å². The summed E-state index contributed by atoms with van der Waals surface area (Å²) in [6, 6.07) is 15.9. The molecular formula is C24H27N7O. The quantitative estimate of drug-likeness (QED) is 0.347. The highest BCUT2D eigenvalue weighted by Gasteiger charge is 2.12. The van der Waals surface area contributed by atoms with Gasteiger partial charge in [0.25, 0.3) is 0 Å². The zero-order valence-electron chi connectivity index (χ0n) is 18.1. The first kappa shape index (κ1) is 21.5. The molecule has 1 aromatic heterocycles. The van der Waals surface area contributed by atoms with Crippen molar-refractivity contribution in [3.8, 4) is 5.75 Å². The molecule has 1 aliphatic rings. The molecule has 1 aliphatic heterocycles. The van der Waals surface area contributed by atoms with E-state index in [-0.39, 0.29) is 0 Å². The Hall–Kier alpha value is -3.78. The monoisotopic (exact) mass is 429 g/mol. The summed E-state index contributed by atoms with van der Waals surface area (Å²) < 4.78 is 5.26. The van der Waals surface area contributed by atoms with Crippen LogP contribution in [0.15, 0.2) is 60.0 Å². The van der Waals surface area contributed by atoms with E-state index in [2.05, 4.69) is 55.0 Å². The normalized spacial score (nSPS) is 13.9. The van der Waals surface area contributed by atoms with Gasteiger partial charge in [-0.15, -0.1) is 0 Å². The molecule has 0 saturated carbocycles. The van der Waals surface area contributed by atoms with Gasteiger partial charge in [-0.25, -0.2) is 9.97 Å². The summed E-state index contributed by atoms with van der Waals surface area (Å²) in [5.74, 6) is 1.68. The topological polar surface area (TPSA) is 98.5 Å². The zero-order chi connectivity index (χ0) is 22.2. The van der Waals surface area contributed by atoms with E-state index in [0.29, 0.717) is 17.2 Å². The lowest BCUT2D eigenvalue weighted by atomic mass is 10.1. The van der Waals surface area contributed by atoms with Crippen molar-refractivity contribution in [3.63, 3.8) is 0 Å². The van der Waals surface area contributed by atoms with Crippen LogP contribution in [0.5, 0.6) is 5.75 Å². The second-order valence-electron chi connectivity index (χ2n) is 7.58. The maximum Gasteiger partial charge on any atom is 0.160 e. The molecule has 164 valence electrons. The minimum absolute atomic E-state index is 0.447. The van der Waals surface area contributed by atoms with Crippen LogP contribution in [0.4, 0.5) is 17.3 Å². The number of nitrogens with one attached hydrogen (secondary N) is 3. The molecule has 0 atom stereocenters. The van der Waals surface area contributed by atoms with Gasteiger partial charge in [-0.05, 0) is 49.2 Å². The highest BCUT2D eigenvalue weighted by Crippen LogP contribution is 2.24. The lowest BCUT2D eigenvalue weighted by Gasteiger charge is -2.14. The largest absolute Gasteiger partial charge is 0.497 e. The van der Waals surface area contributed by atoms with Crippen LogP contribution in [0, 0.1) is 5.41 Å². The third kappa shape index (κ3) is 5.47. The van der Waals surface area contributed by atoms with Crippen LogP contribution in [0.2, 0.25) is 0 Å². The predicted octanol–water partition coefficient (Wildman–Crippen LogP) is 4.27. The molecule has 2 aromatic carbocycles. The number of hydrogen-bond donors (Lipinski definition) is 3. The standard InChI is InChI=1S/C24H27N7O/c1-32-21-6-4-5-20(13-21)29-23-22(14-25)24(27-17-26-23)30-28-15-18-7-9-19(10-8-18)16-31-11-2-3-12-31/h4-10,13-15,17,25H,2-3,11-12,16H2,1H3,(H2,26,27,29,30)/b25-14?,28-15+. The van der Waals surface area contributed by atoms with Crippen LogP contribution >= 0.6 is 0 Å². The highest BCUT2D eigenvalue weighted by atomic mass is 16.5. The molecule has 32 heavy (non-hydrogen) atoms. The van der Waals surface area contributed by atoms with Gasteiger partial charge in [0, 0.05) is 24.5 Å². The minimum Gasteiger partial charge on any atom is -0.497 e. The minimum atomic E-state index is 0.447. The zero-order valence-corrected chi connectivity index (χ0v) is 18.1. The Morgan fingerprint density at radius 2 is 1.88 bits per heavy atom. The molecule has 0 radical (unpaired) electrons. The maximum absolute atomic E-state index is 7.82. The van der Waals surface area contributed by atoms with Crippen molar-refractivity contribution in [1.82, 2.24) is 14.9 Å². The molecule has 0 aliphatic carbocycles. The van der Waals surface area contributed by atoms with Crippen molar-refractivity contribution in [2.45, 2.75) is 19.4 Å². The van der Waals surface area contributed by atoms with E-state index in [9.17, 15) is 0 Å². The van der Waals surface area contributed by atoms with Crippen LogP contribution in [-0.4, -0.2) is 47.5 Å². The van der Waals surface area contributed by atoms with Crippen molar-refractivity contribution < 1.29 is 4.74 Å². The summed E-state index contributed by atoms with van der Waals surface area (Å²) in [6.07, 6.45) is 6.97. The Morgan fingerprint density at radius 1 is 1.09 bits per heavy atom. The number of hydrazone groups is 1. The van der Waals surface area contributed by atoms with Gasteiger partial charge in [0.05, 0.1) is 18.9 Å². The van der Waals surface area contributed by atoms with Gasteiger partial charge in [-0.3, -0.25) is 10.3 Å². The molecule has 8 nitrogen and oxygen atoms in total. The van der Waals surface area contributed by atoms with Crippen LogP contribution in [0.1, 0.15) is 29.5 Å². The van der Waals surface area contributed by atoms with Gasteiger partial charge in [0.1, 0.15) is 17.9 Å². The van der Waals surface area contributed by atoms with Crippen molar-refractivity contribution in [2.75, 3.05) is 30.9 Å². The third-order valence-corrected chi connectivity index (χ3v) is 5.33. The van der Waals surface area contributed by atoms with Gasteiger partial charge in [0.2, 0.25) is 0 Å². The van der Waals surface area contributed by atoms with Crippen LogP contribution in [0.25, 0.3) is 0 Å². The fraction of sp³-hybridized carbons (Fsp3) is 0.250. The van der Waals surface area contributed by atoms with Crippen molar-refractivity contribution >= 4 is 29.8 Å². The molecular weight excluding hydrogens is 402 g/mol. The van der Waals surface area contributed by atoms with E-state index in [1.165, 1.54) is 44.0 Å². The van der Waals surface area contributed by atoms with Crippen molar-refractivity contribution in [1.29, 1.82) is 5.41 Å². The number of nitrogens with zero attached hydrogens (tertiary/aromatic N) is 4. The van der Waals surface area contributed by atoms with E-state index < -0.39 is 0 Å². The van der Waals surface area contributed by atoms with Crippen LogP contribution in [-0.2, 0) is 6.54 Å². The average Bonchev–Trinajstić information content (AvgIpc) is 3.34. The number of ether oxygens (including phenoxy) is 1. The molecule has 1 fully saturated rings. The summed E-state index contributed by atoms with van der Waals surface area (Å²) in [5, 5.41) is 15.3. The Bertz CT molecular complexity index is 1080. The number of anilines is 3. The van der Waals surface area contributed by atoms with Crippen molar-refractivity contribution in [2.24, 2.45) is 5.10 Å².